The van der Waals surface area contributed by atoms with Crippen molar-refractivity contribution in [2.75, 3.05) is 19.6 Å². The normalized spacial score (nSPS) is 14.6. The van der Waals surface area contributed by atoms with E-state index in [1.807, 2.05) is 4.90 Å². The van der Waals surface area contributed by atoms with Crippen LogP contribution in [0.3, 0.4) is 0 Å². The summed E-state index contributed by atoms with van der Waals surface area (Å²) in [5.41, 5.74) is 1.18. The lowest BCUT2D eigenvalue weighted by atomic mass is 10.1. The summed E-state index contributed by atoms with van der Waals surface area (Å²) in [5.74, 6) is -0.824. The van der Waals surface area contributed by atoms with Crippen LogP contribution in [0.2, 0.25) is 0 Å². The number of carboxylic acids is 1. The fourth-order valence-electron chi connectivity index (χ4n) is 2.21. The fourth-order valence-corrected chi connectivity index (χ4v) is 2.73. The first-order chi connectivity index (χ1) is 9.58. The molecule has 1 fully saturated rings. The zero-order valence-electron chi connectivity index (χ0n) is 11.1. The number of aromatic carboxylic acids is 1. The summed E-state index contributed by atoms with van der Waals surface area (Å²) in [7, 11) is 0. The van der Waals surface area contributed by atoms with Crippen LogP contribution >= 0.6 is 15.9 Å². The molecule has 0 radical (unpaired) electrons. The number of benzene rings is 1. The molecule has 1 aliphatic heterocycles. The SMILES string of the molecule is O=C(O)c1ccc(CNCC(=O)N2CCCC2)c(Br)c1. The molecule has 1 aromatic rings. The summed E-state index contributed by atoms with van der Waals surface area (Å²) in [6.07, 6.45) is 2.18. The topological polar surface area (TPSA) is 69.6 Å². The Morgan fingerprint density at radius 1 is 1.30 bits per heavy atom. The number of likely N-dealkylation sites (tertiary alicyclic amines) is 1. The van der Waals surface area contributed by atoms with E-state index in [1.54, 1.807) is 18.2 Å². The van der Waals surface area contributed by atoms with Crippen molar-refractivity contribution in [1.82, 2.24) is 10.2 Å². The Bertz CT molecular complexity index is 513. The summed E-state index contributed by atoms with van der Waals surface area (Å²) < 4.78 is 0.735. The van der Waals surface area contributed by atoms with Crippen LogP contribution in [0.5, 0.6) is 0 Å². The smallest absolute Gasteiger partial charge is 0.335 e. The van der Waals surface area contributed by atoms with E-state index in [4.69, 9.17) is 5.11 Å². The molecule has 20 heavy (non-hydrogen) atoms. The molecule has 5 nitrogen and oxygen atoms in total. The molecule has 6 heteroatoms. The second-order valence-corrected chi connectivity index (χ2v) is 5.66. The third-order valence-corrected chi connectivity index (χ3v) is 4.09. The van der Waals surface area contributed by atoms with Crippen molar-refractivity contribution in [3.63, 3.8) is 0 Å². The van der Waals surface area contributed by atoms with Crippen molar-refractivity contribution < 1.29 is 14.7 Å². The zero-order valence-corrected chi connectivity index (χ0v) is 12.6. The van der Waals surface area contributed by atoms with E-state index in [0.717, 1.165) is 36.0 Å². The van der Waals surface area contributed by atoms with E-state index in [9.17, 15) is 9.59 Å². The Morgan fingerprint density at radius 3 is 2.60 bits per heavy atom. The Kier molecular flexibility index (Phi) is 5.14. The number of carboxylic acid groups (broad SMARTS) is 1. The average Bonchev–Trinajstić information content (AvgIpc) is 2.94. The molecule has 1 aliphatic rings. The summed E-state index contributed by atoms with van der Waals surface area (Å²) in [6.45, 7) is 2.56. The van der Waals surface area contributed by atoms with E-state index >= 15 is 0 Å². The Hall–Kier alpha value is -1.40. The maximum absolute atomic E-state index is 11.8. The highest BCUT2D eigenvalue weighted by Gasteiger charge is 2.17. The van der Waals surface area contributed by atoms with Gasteiger partial charge in [0.2, 0.25) is 5.91 Å². The molecule has 2 N–H and O–H groups in total. The molecule has 0 spiro atoms. The molecule has 1 amide bonds. The maximum Gasteiger partial charge on any atom is 0.335 e. The van der Waals surface area contributed by atoms with Crippen LogP contribution in [0.1, 0.15) is 28.8 Å². The van der Waals surface area contributed by atoms with Gasteiger partial charge in [0.15, 0.2) is 0 Å². The molecule has 0 saturated carbocycles. The van der Waals surface area contributed by atoms with Gasteiger partial charge in [-0.1, -0.05) is 22.0 Å². The molecule has 1 aromatic carbocycles. The Labute approximate surface area is 126 Å². The summed E-state index contributed by atoms with van der Waals surface area (Å²) in [6, 6.07) is 4.88. The lowest BCUT2D eigenvalue weighted by molar-refractivity contribution is -0.129. The largest absolute Gasteiger partial charge is 0.478 e. The van der Waals surface area contributed by atoms with Crippen molar-refractivity contribution in [1.29, 1.82) is 0 Å². The van der Waals surface area contributed by atoms with E-state index < -0.39 is 5.97 Å². The number of halogens is 1. The van der Waals surface area contributed by atoms with Gasteiger partial charge in [-0.25, -0.2) is 4.79 Å². The number of hydrogen-bond donors (Lipinski definition) is 2. The van der Waals surface area contributed by atoms with E-state index in [2.05, 4.69) is 21.2 Å². The van der Waals surface area contributed by atoms with Crippen molar-refractivity contribution in [3.8, 4) is 0 Å². The fraction of sp³-hybridized carbons (Fsp3) is 0.429. The molecule has 2 rings (SSSR count). The molecule has 1 heterocycles. The predicted molar refractivity (Wildman–Crippen MR) is 78.6 cm³/mol. The first kappa shape index (κ1) is 15.0. The monoisotopic (exact) mass is 340 g/mol. The van der Waals surface area contributed by atoms with Crippen LogP contribution in [0, 0.1) is 0 Å². The number of hydrogen-bond acceptors (Lipinski definition) is 3. The zero-order chi connectivity index (χ0) is 14.5. The van der Waals surface area contributed by atoms with Crippen LogP contribution in [-0.4, -0.2) is 41.5 Å². The molecular formula is C14H17BrN2O3. The van der Waals surface area contributed by atoms with Gasteiger partial charge < -0.3 is 15.3 Å². The molecule has 0 bridgehead atoms. The van der Waals surface area contributed by atoms with Gasteiger partial charge in [-0.2, -0.15) is 0 Å². The molecule has 108 valence electrons. The molecule has 0 aromatic heterocycles. The second-order valence-electron chi connectivity index (χ2n) is 4.80. The van der Waals surface area contributed by atoms with Gasteiger partial charge in [-0.15, -0.1) is 0 Å². The lowest BCUT2D eigenvalue weighted by Gasteiger charge is -2.15. The minimum absolute atomic E-state index is 0.126. The highest BCUT2D eigenvalue weighted by atomic mass is 79.9. The molecular weight excluding hydrogens is 324 g/mol. The number of carbonyl (C=O) groups is 2. The van der Waals surface area contributed by atoms with E-state index in [0.29, 0.717) is 13.1 Å². The number of nitrogens with one attached hydrogen (secondary N) is 1. The van der Waals surface area contributed by atoms with Crippen molar-refractivity contribution in [2.45, 2.75) is 19.4 Å². The summed E-state index contributed by atoms with van der Waals surface area (Å²) >= 11 is 3.35. The summed E-state index contributed by atoms with van der Waals surface area (Å²) in [5, 5.41) is 12.0. The summed E-state index contributed by atoms with van der Waals surface area (Å²) in [4.78, 5) is 24.5. The highest BCUT2D eigenvalue weighted by Crippen LogP contribution is 2.18. The Morgan fingerprint density at radius 2 is 2.00 bits per heavy atom. The van der Waals surface area contributed by atoms with Gasteiger partial charge in [-0.3, -0.25) is 4.79 Å². The lowest BCUT2D eigenvalue weighted by Crippen LogP contribution is -2.36. The quantitative estimate of drug-likeness (QED) is 0.858. The molecule has 0 atom stereocenters. The third-order valence-electron chi connectivity index (χ3n) is 3.35. The molecule has 0 aliphatic carbocycles. The minimum Gasteiger partial charge on any atom is -0.478 e. The third kappa shape index (κ3) is 3.80. The van der Waals surface area contributed by atoms with E-state index in [-0.39, 0.29) is 11.5 Å². The van der Waals surface area contributed by atoms with Gasteiger partial charge in [0.1, 0.15) is 0 Å². The van der Waals surface area contributed by atoms with Crippen LogP contribution in [-0.2, 0) is 11.3 Å². The predicted octanol–water partition coefficient (Wildman–Crippen LogP) is 1.86. The van der Waals surface area contributed by atoms with Gasteiger partial charge in [-0.05, 0) is 30.5 Å². The maximum atomic E-state index is 11.8. The van der Waals surface area contributed by atoms with Crippen molar-refractivity contribution >= 4 is 27.8 Å². The van der Waals surface area contributed by atoms with Crippen LogP contribution in [0.15, 0.2) is 22.7 Å². The highest BCUT2D eigenvalue weighted by molar-refractivity contribution is 9.10. The van der Waals surface area contributed by atoms with Crippen LogP contribution < -0.4 is 5.32 Å². The van der Waals surface area contributed by atoms with Gasteiger partial charge in [0.25, 0.3) is 0 Å². The average molecular weight is 341 g/mol. The van der Waals surface area contributed by atoms with Crippen molar-refractivity contribution in [3.05, 3.63) is 33.8 Å². The standard InChI is InChI=1S/C14H17BrN2O3/c15-12-7-10(14(19)20)3-4-11(12)8-16-9-13(18)17-5-1-2-6-17/h3-4,7,16H,1-2,5-6,8-9H2,(H,19,20). The van der Waals surface area contributed by atoms with Crippen LogP contribution in [0.4, 0.5) is 0 Å². The van der Waals surface area contributed by atoms with Gasteiger partial charge in [0, 0.05) is 24.1 Å². The number of carbonyl (C=O) groups excluding carboxylic acids is 1. The first-order valence-corrected chi connectivity index (χ1v) is 7.37. The van der Waals surface area contributed by atoms with Crippen molar-refractivity contribution in [2.24, 2.45) is 0 Å². The first-order valence-electron chi connectivity index (χ1n) is 6.58. The van der Waals surface area contributed by atoms with Gasteiger partial charge in [0.05, 0.1) is 12.1 Å². The Balaban J connectivity index is 1.84. The van der Waals surface area contributed by atoms with Crippen LogP contribution in [0.25, 0.3) is 0 Å². The number of nitrogens with zero attached hydrogens (tertiary/aromatic N) is 1. The number of rotatable bonds is 5. The van der Waals surface area contributed by atoms with Gasteiger partial charge >= 0.3 is 5.97 Å². The molecule has 1 saturated heterocycles. The van der Waals surface area contributed by atoms with E-state index in [1.165, 1.54) is 0 Å². The molecule has 0 unspecified atom stereocenters. The minimum atomic E-state index is -0.950. The second kappa shape index (κ2) is 6.85. The number of amides is 1.